The summed E-state index contributed by atoms with van der Waals surface area (Å²) in [4.78, 5) is 62.9. The lowest BCUT2D eigenvalue weighted by molar-refractivity contribution is -0.206. The molecule has 4 aliphatic carbocycles. The van der Waals surface area contributed by atoms with Crippen molar-refractivity contribution in [3.63, 3.8) is 0 Å². The van der Waals surface area contributed by atoms with Gasteiger partial charge in [-0.3, -0.25) is 19.2 Å². The van der Waals surface area contributed by atoms with Gasteiger partial charge in [0, 0.05) is 30.6 Å². The monoisotopic (exact) mass is 550 g/mol. The Morgan fingerprint density at radius 2 is 1.82 bits per heavy atom. The first kappa shape index (κ1) is 28.9. The van der Waals surface area contributed by atoms with Crippen molar-refractivity contribution in [3.8, 4) is 0 Å². The summed E-state index contributed by atoms with van der Waals surface area (Å²) in [5.74, 6) is -3.65. The van der Waals surface area contributed by atoms with Gasteiger partial charge in [0.1, 0.15) is 12.1 Å². The summed E-state index contributed by atoms with van der Waals surface area (Å²) >= 11 is 7.03. The molecule has 1 N–H and O–H groups in total. The van der Waals surface area contributed by atoms with Crippen molar-refractivity contribution in [2.45, 2.75) is 90.2 Å². The van der Waals surface area contributed by atoms with Gasteiger partial charge in [-0.1, -0.05) is 46.3 Å². The molecule has 8 nitrogen and oxygen atoms in total. The van der Waals surface area contributed by atoms with Crippen molar-refractivity contribution in [1.29, 1.82) is 0 Å². The predicted octanol–water partition coefficient (Wildman–Crippen LogP) is 3.59. The minimum atomic E-state index is -1.60. The predicted molar refractivity (Wildman–Crippen MR) is 138 cm³/mol. The molecule has 0 aromatic heterocycles. The highest BCUT2D eigenvalue weighted by Crippen LogP contribution is 2.70. The fourth-order valence-corrected chi connectivity index (χ4v) is 9.08. The number of rotatable bonds is 7. The third-order valence-corrected chi connectivity index (χ3v) is 10.7. The van der Waals surface area contributed by atoms with E-state index in [0.29, 0.717) is 19.1 Å². The zero-order valence-electron chi connectivity index (χ0n) is 22.8. The number of halogens is 1. The summed E-state index contributed by atoms with van der Waals surface area (Å²) < 4.78 is 11.3. The van der Waals surface area contributed by atoms with E-state index < -0.39 is 64.1 Å². The van der Waals surface area contributed by atoms with Crippen LogP contribution in [0.1, 0.15) is 73.1 Å². The second-order valence-electron chi connectivity index (χ2n) is 12.2. The Morgan fingerprint density at radius 1 is 1.16 bits per heavy atom. The number of hydrogen-bond donors (Lipinski definition) is 1. The SMILES string of the molecule is CCC(=O)OCC(=O)[C@@]1(OC(=O)CC)[C@H](C)C[C@H]2[C@H]3[C@H]([C@@H](O)C[C@@]21C)[C@@]1(C)CC(C=O)C(=O)CC1=C[C@H]3Cl. The Labute approximate surface area is 228 Å². The van der Waals surface area contributed by atoms with E-state index in [1.54, 1.807) is 13.8 Å². The van der Waals surface area contributed by atoms with E-state index >= 15 is 0 Å². The molecule has 3 saturated carbocycles. The highest BCUT2D eigenvalue weighted by molar-refractivity contribution is 6.22. The highest BCUT2D eigenvalue weighted by Gasteiger charge is 2.74. The number of carbonyl (C=O) groups excluding carboxylic acids is 5. The van der Waals surface area contributed by atoms with Gasteiger partial charge in [0.2, 0.25) is 5.78 Å². The van der Waals surface area contributed by atoms with Crippen LogP contribution in [0.4, 0.5) is 0 Å². The number of ether oxygens (including phenoxy) is 2. The second-order valence-corrected chi connectivity index (χ2v) is 12.7. The molecule has 3 fully saturated rings. The number of alkyl halides is 1. The van der Waals surface area contributed by atoms with Gasteiger partial charge < -0.3 is 19.4 Å². The Bertz CT molecular complexity index is 1070. The molecule has 210 valence electrons. The van der Waals surface area contributed by atoms with Crippen LogP contribution < -0.4 is 0 Å². The Kier molecular flexibility index (Phi) is 7.74. The van der Waals surface area contributed by atoms with Crippen LogP contribution in [0.3, 0.4) is 0 Å². The molecular formula is C29H39ClO8. The van der Waals surface area contributed by atoms with Crippen LogP contribution in [0.5, 0.6) is 0 Å². The van der Waals surface area contributed by atoms with Gasteiger partial charge in [-0.25, -0.2) is 0 Å². The average Bonchev–Trinajstić information content (AvgIpc) is 3.09. The van der Waals surface area contributed by atoms with E-state index in [4.69, 9.17) is 21.1 Å². The molecule has 0 aromatic carbocycles. The Morgan fingerprint density at radius 3 is 2.42 bits per heavy atom. The summed E-state index contributed by atoms with van der Waals surface area (Å²) in [5, 5.41) is 11.3. The summed E-state index contributed by atoms with van der Waals surface area (Å²) in [7, 11) is 0. The van der Waals surface area contributed by atoms with Crippen LogP contribution in [-0.4, -0.2) is 58.6 Å². The number of ketones is 2. The number of Topliss-reactive ketones (excluding diaryl/α,β-unsaturated/α-hetero) is 2. The maximum Gasteiger partial charge on any atom is 0.306 e. The quantitative estimate of drug-likeness (QED) is 0.168. The van der Waals surface area contributed by atoms with Gasteiger partial charge >= 0.3 is 11.9 Å². The van der Waals surface area contributed by atoms with E-state index in [1.807, 2.05) is 26.8 Å². The zero-order valence-corrected chi connectivity index (χ0v) is 23.6. The molecule has 0 bridgehead atoms. The van der Waals surface area contributed by atoms with Gasteiger partial charge in [0.15, 0.2) is 12.2 Å². The van der Waals surface area contributed by atoms with Gasteiger partial charge in [-0.05, 0) is 42.4 Å². The van der Waals surface area contributed by atoms with Crippen LogP contribution in [0, 0.1) is 40.4 Å². The Hall–Kier alpha value is -2.06. The van der Waals surface area contributed by atoms with Crippen molar-refractivity contribution in [2.75, 3.05) is 6.61 Å². The lowest BCUT2D eigenvalue weighted by Gasteiger charge is -2.61. The van der Waals surface area contributed by atoms with E-state index in [9.17, 15) is 29.1 Å². The second kappa shape index (κ2) is 10.2. The van der Waals surface area contributed by atoms with E-state index in [2.05, 4.69) is 0 Å². The number of carbonyl (C=O) groups is 5. The maximum absolute atomic E-state index is 13.9. The van der Waals surface area contributed by atoms with Crippen LogP contribution in [-0.2, 0) is 33.4 Å². The van der Waals surface area contributed by atoms with Crippen molar-refractivity contribution < 1.29 is 38.6 Å². The molecular weight excluding hydrogens is 512 g/mol. The topological polar surface area (TPSA) is 124 Å². The molecule has 10 atom stereocenters. The highest BCUT2D eigenvalue weighted by atomic mass is 35.5. The molecule has 38 heavy (non-hydrogen) atoms. The van der Waals surface area contributed by atoms with Crippen molar-refractivity contribution >= 4 is 41.4 Å². The van der Waals surface area contributed by atoms with E-state index in [0.717, 1.165) is 5.57 Å². The molecule has 0 aliphatic heterocycles. The van der Waals surface area contributed by atoms with Gasteiger partial charge in [-0.15, -0.1) is 11.6 Å². The number of esters is 2. The van der Waals surface area contributed by atoms with Crippen molar-refractivity contribution in [3.05, 3.63) is 11.6 Å². The number of aldehydes is 1. The van der Waals surface area contributed by atoms with Gasteiger partial charge in [-0.2, -0.15) is 0 Å². The number of fused-ring (bicyclic) bond motifs is 5. The normalized spacial score (nSPS) is 43.7. The first-order valence-electron chi connectivity index (χ1n) is 13.7. The van der Waals surface area contributed by atoms with E-state index in [1.165, 1.54) is 0 Å². The molecule has 0 heterocycles. The summed E-state index contributed by atoms with van der Waals surface area (Å²) in [6.07, 6.45) is 3.00. The molecule has 0 saturated heterocycles. The molecule has 0 amide bonds. The number of hydrogen-bond acceptors (Lipinski definition) is 8. The van der Waals surface area contributed by atoms with Crippen LogP contribution in [0.25, 0.3) is 0 Å². The fraction of sp³-hybridized carbons (Fsp3) is 0.759. The van der Waals surface area contributed by atoms with Crippen LogP contribution in [0.2, 0.25) is 0 Å². The van der Waals surface area contributed by atoms with Crippen molar-refractivity contribution in [2.24, 2.45) is 40.4 Å². The summed E-state index contributed by atoms with van der Waals surface area (Å²) in [6, 6.07) is 0. The van der Waals surface area contributed by atoms with Gasteiger partial charge in [0.25, 0.3) is 0 Å². The first-order valence-corrected chi connectivity index (χ1v) is 14.2. The number of allylic oxidation sites excluding steroid dienone is 2. The largest absolute Gasteiger partial charge is 0.457 e. The standard InChI is InChI=1S/C29H39ClO8/c1-6-23(35)37-14-22(34)29(38-24(36)7-2)15(3)8-18-25-19(30)9-17-10-20(32)16(13-31)11-27(17,4)26(25)21(33)12-28(18,29)5/h9,13,15-16,18-19,21,25-26,33H,6-8,10-12,14H2,1-5H3/t15-,16?,18+,19-,21+,25-,26+,27+,28+,29+/m1/s1. The minimum Gasteiger partial charge on any atom is -0.457 e. The summed E-state index contributed by atoms with van der Waals surface area (Å²) in [5.41, 5.74) is -2.32. The molecule has 9 heteroatoms. The van der Waals surface area contributed by atoms with Crippen LogP contribution in [0.15, 0.2) is 11.6 Å². The summed E-state index contributed by atoms with van der Waals surface area (Å²) in [6.45, 7) is 8.52. The fourth-order valence-electron chi connectivity index (χ4n) is 8.59. The molecule has 0 aromatic rings. The molecule has 0 radical (unpaired) electrons. The molecule has 4 rings (SSSR count). The smallest absolute Gasteiger partial charge is 0.306 e. The third-order valence-electron chi connectivity index (χ3n) is 10.3. The molecule has 4 aliphatic rings. The van der Waals surface area contributed by atoms with Gasteiger partial charge in [0.05, 0.1) is 17.4 Å². The molecule has 0 spiro atoms. The maximum atomic E-state index is 13.9. The molecule has 1 unspecified atom stereocenters. The van der Waals surface area contributed by atoms with Crippen molar-refractivity contribution in [1.82, 2.24) is 0 Å². The number of aliphatic hydroxyl groups excluding tert-OH is 1. The first-order chi connectivity index (χ1) is 17.8. The van der Waals surface area contributed by atoms with E-state index in [-0.39, 0.29) is 49.2 Å². The third kappa shape index (κ3) is 4.09. The lowest BCUT2D eigenvalue weighted by Crippen LogP contribution is -2.65. The zero-order chi connectivity index (χ0) is 28.2. The minimum absolute atomic E-state index is 0.0647. The average molecular weight is 551 g/mol. The van der Waals surface area contributed by atoms with Crippen LogP contribution >= 0.6 is 11.6 Å². The number of aliphatic hydroxyl groups is 1. The Balaban J connectivity index is 1.80. The lowest BCUT2D eigenvalue weighted by atomic mass is 9.45.